The molecule has 0 spiro atoms. The van der Waals surface area contributed by atoms with Gasteiger partial charge in [-0.2, -0.15) is 0 Å². The average molecular weight is 286 g/mol. The molecule has 0 aliphatic carbocycles. The van der Waals surface area contributed by atoms with E-state index >= 15 is 0 Å². The van der Waals surface area contributed by atoms with Gasteiger partial charge in [-0.1, -0.05) is 30.3 Å². The quantitative estimate of drug-likeness (QED) is 0.888. The molecule has 1 aromatic carbocycles. The lowest BCUT2D eigenvalue weighted by molar-refractivity contribution is -0.308. The first-order chi connectivity index (χ1) is 9.97. The highest BCUT2D eigenvalue weighted by atomic mass is 16.4. The molecule has 1 N–H and O–H groups in total. The fourth-order valence-corrected chi connectivity index (χ4v) is 2.14. The Balaban J connectivity index is 2.11. The highest BCUT2D eigenvalue weighted by molar-refractivity contribution is 5.97. The Morgan fingerprint density at radius 3 is 2.43 bits per heavy atom. The third-order valence-electron chi connectivity index (χ3n) is 3.16. The number of benzene rings is 1. The van der Waals surface area contributed by atoms with Gasteiger partial charge in [0, 0.05) is 0 Å². The minimum absolute atomic E-state index is 0.171. The molecule has 5 nitrogen and oxygen atoms in total. The van der Waals surface area contributed by atoms with Crippen LogP contribution in [0.5, 0.6) is 0 Å². The van der Waals surface area contributed by atoms with Crippen molar-refractivity contribution in [2.75, 3.05) is 0 Å². The molecule has 2 rings (SSSR count). The van der Waals surface area contributed by atoms with E-state index < -0.39 is 17.9 Å². The molecule has 2 aromatic rings. The summed E-state index contributed by atoms with van der Waals surface area (Å²) >= 11 is 0. The summed E-state index contributed by atoms with van der Waals surface area (Å²) in [6.07, 6.45) is 0.171. The van der Waals surface area contributed by atoms with Gasteiger partial charge in [0.2, 0.25) is 0 Å². The average Bonchev–Trinajstić information content (AvgIpc) is 2.78. The fraction of sp³-hybridized carbons (Fsp3) is 0.250. The number of furan rings is 1. The van der Waals surface area contributed by atoms with E-state index in [4.69, 9.17) is 4.42 Å². The second-order valence-corrected chi connectivity index (χ2v) is 4.86. The van der Waals surface area contributed by atoms with Gasteiger partial charge in [-0.3, -0.25) is 4.79 Å². The lowest BCUT2D eigenvalue weighted by Crippen LogP contribution is -2.49. The largest absolute Gasteiger partial charge is 0.548 e. The van der Waals surface area contributed by atoms with Crippen LogP contribution < -0.4 is 10.4 Å². The maximum absolute atomic E-state index is 12.1. The van der Waals surface area contributed by atoms with Gasteiger partial charge in [0.25, 0.3) is 5.91 Å². The van der Waals surface area contributed by atoms with Crippen LogP contribution in [-0.2, 0) is 11.2 Å². The summed E-state index contributed by atoms with van der Waals surface area (Å²) in [5, 5.41) is 13.7. The Bertz CT molecular complexity index is 646. The number of aryl methyl sites for hydroxylation is 2. The monoisotopic (exact) mass is 286 g/mol. The van der Waals surface area contributed by atoms with Crippen molar-refractivity contribution >= 4 is 11.9 Å². The molecule has 1 atom stereocenters. The van der Waals surface area contributed by atoms with Crippen LogP contribution in [-0.4, -0.2) is 17.9 Å². The number of carbonyl (C=O) groups excluding carboxylic acids is 2. The zero-order chi connectivity index (χ0) is 15.4. The van der Waals surface area contributed by atoms with Crippen LogP contribution >= 0.6 is 0 Å². The van der Waals surface area contributed by atoms with E-state index in [9.17, 15) is 14.7 Å². The van der Waals surface area contributed by atoms with Gasteiger partial charge in [0.15, 0.2) is 0 Å². The maximum Gasteiger partial charge on any atom is 0.255 e. The normalized spacial score (nSPS) is 11.9. The van der Waals surface area contributed by atoms with Gasteiger partial charge in [0.1, 0.15) is 11.5 Å². The Morgan fingerprint density at radius 2 is 1.90 bits per heavy atom. The number of carbonyl (C=O) groups is 2. The van der Waals surface area contributed by atoms with Crippen LogP contribution in [0.3, 0.4) is 0 Å². The predicted octanol–water partition coefficient (Wildman–Crippen LogP) is 0.987. The molecular formula is C16H16NO4-. The summed E-state index contributed by atoms with van der Waals surface area (Å²) in [5.41, 5.74) is 1.15. The fourth-order valence-electron chi connectivity index (χ4n) is 2.14. The topological polar surface area (TPSA) is 82.4 Å². The standard InChI is InChI=1S/C16H17NO4/c1-10-8-13(11(2)21-10)15(18)17-14(16(19)20)9-12-6-4-3-5-7-12/h3-8,14H,9H2,1-2H3,(H,17,18)(H,19,20)/p-1/t14-/m0/s1. The summed E-state index contributed by atoms with van der Waals surface area (Å²) in [6, 6.07) is 9.56. The number of nitrogens with one attached hydrogen (secondary N) is 1. The zero-order valence-electron chi connectivity index (χ0n) is 11.9. The minimum atomic E-state index is -1.31. The molecule has 0 aliphatic rings. The first-order valence-corrected chi connectivity index (χ1v) is 6.60. The van der Waals surface area contributed by atoms with Crippen molar-refractivity contribution in [2.45, 2.75) is 26.3 Å². The number of hydrogen-bond acceptors (Lipinski definition) is 4. The van der Waals surface area contributed by atoms with Gasteiger partial charge >= 0.3 is 0 Å². The Hall–Kier alpha value is -2.56. The maximum atomic E-state index is 12.1. The molecule has 1 amide bonds. The van der Waals surface area contributed by atoms with E-state index in [0.717, 1.165) is 5.56 Å². The molecule has 1 heterocycles. The molecule has 0 unspecified atom stereocenters. The van der Waals surface area contributed by atoms with E-state index in [1.165, 1.54) is 0 Å². The summed E-state index contributed by atoms with van der Waals surface area (Å²) in [5.74, 6) is -0.730. The first kappa shape index (κ1) is 14.8. The number of aliphatic carboxylic acids is 1. The second kappa shape index (κ2) is 6.26. The number of rotatable bonds is 5. The van der Waals surface area contributed by atoms with Crippen molar-refractivity contribution in [3.63, 3.8) is 0 Å². The summed E-state index contributed by atoms with van der Waals surface area (Å²) in [6.45, 7) is 3.39. The summed E-state index contributed by atoms with van der Waals surface area (Å²) < 4.78 is 5.27. The van der Waals surface area contributed by atoms with Crippen LogP contribution in [0.1, 0.15) is 27.4 Å². The van der Waals surface area contributed by atoms with E-state index in [1.807, 2.05) is 18.2 Å². The molecule has 0 bridgehead atoms. The van der Waals surface area contributed by atoms with Crippen molar-refractivity contribution in [3.8, 4) is 0 Å². The predicted molar refractivity (Wildman–Crippen MR) is 74.6 cm³/mol. The van der Waals surface area contributed by atoms with Crippen LogP contribution in [0.4, 0.5) is 0 Å². The SMILES string of the molecule is Cc1cc(C(=O)N[C@@H](Cc2ccccc2)C(=O)[O-])c(C)o1. The highest BCUT2D eigenvalue weighted by Crippen LogP contribution is 2.14. The van der Waals surface area contributed by atoms with Gasteiger partial charge in [-0.15, -0.1) is 0 Å². The first-order valence-electron chi connectivity index (χ1n) is 6.60. The van der Waals surface area contributed by atoms with E-state index in [0.29, 0.717) is 17.1 Å². The van der Waals surface area contributed by atoms with E-state index in [-0.39, 0.29) is 6.42 Å². The second-order valence-electron chi connectivity index (χ2n) is 4.86. The lowest BCUT2D eigenvalue weighted by atomic mass is 10.1. The number of carboxylic acid groups (broad SMARTS) is 1. The highest BCUT2D eigenvalue weighted by Gasteiger charge is 2.19. The lowest BCUT2D eigenvalue weighted by Gasteiger charge is -2.19. The Labute approximate surface area is 122 Å². The molecule has 0 saturated carbocycles. The molecule has 0 radical (unpaired) electrons. The Morgan fingerprint density at radius 1 is 1.24 bits per heavy atom. The van der Waals surface area contributed by atoms with Gasteiger partial charge in [-0.05, 0) is 31.9 Å². The van der Waals surface area contributed by atoms with Crippen LogP contribution in [0, 0.1) is 13.8 Å². The third-order valence-corrected chi connectivity index (χ3v) is 3.16. The number of carboxylic acids is 1. The molecule has 110 valence electrons. The van der Waals surface area contributed by atoms with E-state index in [1.54, 1.807) is 32.0 Å². The minimum Gasteiger partial charge on any atom is -0.548 e. The smallest absolute Gasteiger partial charge is 0.255 e. The molecule has 0 fully saturated rings. The number of hydrogen-bond donors (Lipinski definition) is 1. The zero-order valence-corrected chi connectivity index (χ0v) is 11.9. The molecule has 5 heteroatoms. The van der Waals surface area contributed by atoms with Crippen molar-refractivity contribution in [1.82, 2.24) is 5.32 Å². The molecule has 21 heavy (non-hydrogen) atoms. The van der Waals surface area contributed by atoms with Gasteiger partial charge < -0.3 is 19.6 Å². The van der Waals surface area contributed by atoms with Gasteiger partial charge in [-0.25, -0.2) is 0 Å². The van der Waals surface area contributed by atoms with Gasteiger partial charge in [0.05, 0.1) is 17.6 Å². The summed E-state index contributed by atoms with van der Waals surface area (Å²) in [4.78, 5) is 23.3. The number of amides is 1. The van der Waals surface area contributed by atoms with Crippen LogP contribution in [0.25, 0.3) is 0 Å². The molecular weight excluding hydrogens is 270 g/mol. The molecule has 1 aromatic heterocycles. The van der Waals surface area contributed by atoms with Crippen molar-refractivity contribution < 1.29 is 19.1 Å². The molecule has 0 saturated heterocycles. The third kappa shape index (κ3) is 3.72. The van der Waals surface area contributed by atoms with Crippen LogP contribution in [0.2, 0.25) is 0 Å². The molecule has 0 aliphatic heterocycles. The Kier molecular flexibility index (Phi) is 4.42. The van der Waals surface area contributed by atoms with Crippen molar-refractivity contribution in [3.05, 3.63) is 59.0 Å². The van der Waals surface area contributed by atoms with Crippen LogP contribution in [0.15, 0.2) is 40.8 Å². The van der Waals surface area contributed by atoms with E-state index in [2.05, 4.69) is 5.32 Å². The van der Waals surface area contributed by atoms with Crippen molar-refractivity contribution in [2.24, 2.45) is 0 Å². The summed E-state index contributed by atoms with van der Waals surface area (Å²) in [7, 11) is 0. The van der Waals surface area contributed by atoms with Crippen molar-refractivity contribution in [1.29, 1.82) is 0 Å².